The molecule has 0 atom stereocenters. The molecule has 2 rings (SSSR count). The van der Waals surface area contributed by atoms with Crippen LogP contribution in [0.15, 0.2) is 31.4 Å². The first kappa shape index (κ1) is 15.3. The summed E-state index contributed by atoms with van der Waals surface area (Å²) in [6, 6.07) is 2.51. The van der Waals surface area contributed by atoms with Crippen LogP contribution in [0.2, 0.25) is 0 Å². The second-order valence-corrected chi connectivity index (χ2v) is 5.31. The fraction of sp³-hybridized carbons (Fsp3) is 0. The van der Waals surface area contributed by atoms with Crippen LogP contribution in [-0.2, 0) is 0 Å². The van der Waals surface area contributed by atoms with Crippen LogP contribution in [0.4, 0.5) is 11.4 Å². The number of halogens is 2. The van der Waals surface area contributed by atoms with Crippen LogP contribution in [0.3, 0.4) is 0 Å². The first-order chi connectivity index (χ1) is 9.81. The molecule has 0 spiro atoms. The second kappa shape index (κ2) is 5.33. The molecule has 108 valence electrons. The molecule has 2 aromatic rings. The maximum absolute atomic E-state index is 11.8. The number of hydrogen-bond acceptors (Lipinski definition) is 7. The third kappa shape index (κ3) is 2.23. The Hall–Kier alpha value is -2.14. The summed E-state index contributed by atoms with van der Waals surface area (Å²) < 4.78 is 0.615. The number of aromatic hydroxyl groups is 1. The predicted molar refractivity (Wildman–Crippen MR) is 80.3 cm³/mol. The highest BCUT2D eigenvalue weighted by molar-refractivity contribution is 9.10. The van der Waals surface area contributed by atoms with Gasteiger partial charge < -0.3 is 5.11 Å². The van der Waals surface area contributed by atoms with E-state index < -0.39 is 38.4 Å². The lowest BCUT2D eigenvalue weighted by Gasteiger charge is -2.02. The summed E-state index contributed by atoms with van der Waals surface area (Å²) in [5, 5.41) is 23.0. The van der Waals surface area contributed by atoms with Gasteiger partial charge in [-0.15, -0.1) is 4.91 Å². The molecule has 0 fully saturated rings. The first-order valence-electron chi connectivity index (χ1n) is 5.09. The van der Waals surface area contributed by atoms with Crippen molar-refractivity contribution in [1.82, 2.24) is 3.59 Å². The van der Waals surface area contributed by atoms with Crippen molar-refractivity contribution in [2.75, 3.05) is 0 Å². The van der Waals surface area contributed by atoms with E-state index in [0.29, 0.717) is 3.59 Å². The van der Waals surface area contributed by atoms with Crippen LogP contribution < -0.4 is 11.0 Å². The molecule has 1 aromatic carbocycles. The van der Waals surface area contributed by atoms with Crippen molar-refractivity contribution in [3.8, 4) is 5.75 Å². The van der Waals surface area contributed by atoms with Gasteiger partial charge in [-0.25, -0.2) is 3.59 Å². The van der Waals surface area contributed by atoms with Crippen LogP contribution >= 0.6 is 32.1 Å². The van der Waals surface area contributed by atoms with E-state index in [1.807, 2.05) is 0 Å². The van der Waals surface area contributed by atoms with Crippen molar-refractivity contribution >= 4 is 54.4 Å². The van der Waals surface area contributed by atoms with Gasteiger partial charge in [-0.2, -0.15) is 0 Å². The van der Waals surface area contributed by atoms with Crippen molar-refractivity contribution in [3.05, 3.63) is 52.2 Å². The molecule has 0 amide bonds. The molecule has 0 aliphatic rings. The van der Waals surface area contributed by atoms with Gasteiger partial charge in [-0.1, -0.05) is 0 Å². The van der Waals surface area contributed by atoms with Crippen molar-refractivity contribution < 1.29 is 10.0 Å². The van der Waals surface area contributed by atoms with Crippen molar-refractivity contribution in [2.24, 2.45) is 5.18 Å². The molecule has 11 heteroatoms. The number of rotatable bonds is 2. The summed E-state index contributed by atoms with van der Waals surface area (Å²) in [5.41, 5.74) is -4.48. The molecule has 0 radical (unpaired) electrons. The molecular weight excluding hydrogens is 418 g/mol. The maximum Gasteiger partial charge on any atom is 0.311 e. The fourth-order valence-electron chi connectivity index (χ4n) is 1.74. The predicted octanol–water partition coefficient (Wildman–Crippen LogP) is 2.29. The van der Waals surface area contributed by atoms with Gasteiger partial charge in [0.2, 0.25) is 5.69 Å². The summed E-state index contributed by atoms with van der Waals surface area (Å²) in [7, 11) is 0. The summed E-state index contributed by atoms with van der Waals surface area (Å²) in [6.07, 6.45) is 0. The van der Waals surface area contributed by atoms with Gasteiger partial charge in [-0.3, -0.25) is 19.7 Å². The summed E-state index contributed by atoms with van der Waals surface area (Å²) in [6.45, 7) is 0. The lowest BCUT2D eigenvalue weighted by atomic mass is 10.2. The number of aromatic nitrogens is 1. The van der Waals surface area contributed by atoms with Crippen LogP contribution in [0, 0.1) is 15.0 Å². The molecule has 9 nitrogen and oxygen atoms in total. The van der Waals surface area contributed by atoms with Gasteiger partial charge in [0.1, 0.15) is 5.39 Å². The standard InChI is InChI=1S/C10H3Br2N3O6/c11-3-1-2-4-5(7(3)15(20)21)8(16)6(13-19)9(17)10(18)14(4)12/h1-2,16H. The van der Waals surface area contributed by atoms with E-state index >= 15 is 0 Å². The Kier molecular flexibility index (Phi) is 3.87. The molecule has 1 N–H and O–H groups in total. The molecule has 0 aliphatic carbocycles. The van der Waals surface area contributed by atoms with Gasteiger partial charge in [0.15, 0.2) is 5.75 Å². The minimum absolute atomic E-state index is 0.00857. The Morgan fingerprint density at radius 2 is 1.95 bits per heavy atom. The minimum atomic E-state index is -1.39. The van der Waals surface area contributed by atoms with E-state index in [1.54, 1.807) is 0 Å². The van der Waals surface area contributed by atoms with Crippen LogP contribution in [0.25, 0.3) is 10.9 Å². The lowest BCUT2D eigenvalue weighted by molar-refractivity contribution is -0.383. The maximum atomic E-state index is 11.8. The third-order valence-corrected chi connectivity index (χ3v) is 3.98. The van der Waals surface area contributed by atoms with E-state index in [1.165, 1.54) is 12.1 Å². The van der Waals surface area contributed by atoms with E-state index in [-0.39, 0.29) is 9.99 Å². The number of nitrogens with zero attached hydrogens (tertiary/aromatic N) is 3. The lowest BCUT2D eigenvalue weighted by Crippen LogP contribution is -2.26. The Morgan fingerprint density at radius 1 is 1.33 bits per heavy atom. The molecule has 0 aliphatic heterocycles. The Labute approximate surface area is 131 Å². The van der Waals surface area contributed by atoms with E-state index in [0.717, 1.165) is 0 Å². The third-order valence-electron chi connectivity index (χ3n) is 2.64. The average Bonchev–Trinajstić information content (AvgIpc) is 2.50. The number of nitroso groups, excluding NO2 is 1. The van der Waals surface area contributed by atoms with Crippen LogP contribution in [0.1, 0.15) is 0 Å². The zero-order valence-corrected chi connectivity index (χ0v) is 12.9. The quantitative estimate of drug-likeness (QED) is 0.343. The number of nitro groups is 1. The van der Waals surface area contributed by atoms with Gasteiger partial charge in [0.25, 0.3) is 11.1 Å². The molecule has 0 saturated heterocycles. The SMILES string of the molecule is O=Nc1c(O)c2c([N+](=O)[O-])c(Br)ccc2n(Br)c(=O)c1=O. The van der Waals surface area contributed by atoms with E-state index in [2.05, 4.69) is 37.3 Å². The smallest absolute Gasteiger partial charge is 0.311 e. The largest absolute Gasteiger partial charge is 0.505 e. The Balaban J connectivity index is 3.38. The van der Waals surface area contributed by atoms with Gasteiger partial charge in [0.05, 0.1) is 31.1 Å². The summed E-state index contributed by atoms with van der Waals surface area (Å²) in [4.78, 5) is 44.5. The molecule has 0 bridgehead atoms. The monoisotopic (exact) mass is 419 g/mol. The summed E-state index contributed by atoms with van der Waals surface area (Å²) in [5.74, 6) is -1.03. The topological polar surface area (TPSA) is 132 Å². The Bertz CT molecular complexity index is 923. The summed E-state index contributed by atoms with van der Waals surface area (Å²) >= 11 is 5.71. The van der Waals surface area contributed by atoms with Crippen molar-refractivity contribution in [2.45, 2.75) is 0 Å². The van der Waals surface area contributed by atoms with Crippen molar-refractivity contribution in [1.29, 1.82) is 0 Å². The van der Waals surface area contributed by atoms with Gasteiger partial charge in [-0.05, 0) is 33.2 Å². The highest BCUT2D eigenvalue weighted by Gasteiger charge is 2.25. The zero-order valence-electron chi connectivity index (χ0n) is 9.74. The minimum Gasteiger partial charge on any atom is -0.505 e. The zero-order chi connectivity index (χ0) is 15.9. The van der Waals surface area contributed by atoms with E-state index in [9.17, 15) is 29.7 Å². The highest BCUT2D eigenvalue weighted by Crippen LogP contribution is 2.40. The number of benzene rings is 1. The molecule has 0 unspecified atom stereocenters. The number of hydrogen-bond donors (Lipinski definition) is 1. The second-order valence-electron chi connectivity index (χ2n) is 3.75. The fourth-order valence-corrected chi connectivity index (χ4v) is 2.67. The van der Waals surface area contributed by atoms with Crippen LogP contribution in [0.5, 0.6) is 5.75 Å². The van der Waals surface area contributed by atoms with Gasteiger partial charge in [0, 0.05) is 0 Å². The average molecular weight is 421 g/mol. The number of fused-ring (bicyclic) bond motifs is 1. The van der Waals surface area contributed by atoms with Gasteiger partial charge >= 0.3 is 5.56 Å². The molecule has 0 saturated carbocycles. The molecule has 1 heterocycles. The molecular formula is C10H3Br2N3O6. The van der Waals surface area contributed by atoms with Crippen molar-refractivity contribution in [3.63, 3.8) is 0 Å². The highest BCUT2D eigenvalue weighted by atomic mass is 79.9. The molecule has 1 aromatic heterocycles. The van der Waals surface area contributed by atoms with E-state index in [4.69, 9.17) is 0 Å². The number of nitro benzene ring substituents is 1. The Morgan fingerprint density at radius 3 is 2.48 bits per heavy atom. The first-order valence-corrected chi connectivity index (χ1v) is 6.59. The normalized spacial score (nSPS) is 10.6. The van der Waals surface area contributed by atoms with Crippen LogP contribution in [-0.4, -0.2) is 13.6 Å². The molecule has 21 heavy (non-hydrogen) atoms.